The minimum Gasteiger partial charge on any atom is -0.490 e. The summed E-state index contributed by atoms with van der Waals surface area (Å²) in [6.45, 7) is 5.87. The maximum atomic E-state index is 12.4. The molecule has 1 atom stereocenters. The standard InChI is InChI=1S/C22H25F3N2O5/c1-4-30-18-11-8-16(12-19(18)31-5-2)21(29)26-13-20(28)27-14(3)15-6-9-17(10-7-15)32-22(23,24)25/h6-12,14H,4-5,13H2,1-3H3,(H,26,29)(H,27,28). The fourth-order valence-electron chi connectivity index (χ4n) is 2.79. The Labute approximate surface area is 183 Å². The predicted molar refractivity (Wildman–Crippen MR) is 111 cm³/mol. The van der Waals surface area contributed by atoms with Crippen LogP contribution < -0.4 is 24.8 Å². The van der Waals surface area contributed by atoms with Crippen molar-refractivity contribution < 1.29 is 37.0 Å². The lowest BCUT2D eigenvalue weighted by atomic mass is 10.1. The van der Waals surface area contributed by atoms with Crippen LogP contribution in [0.5, 0.6) is 17.2 Å². The first-order chi connectivity index (χ1) is 15.1. The summed E-state index contributed by atoms with van der Waals surface area (Å²) >= 11 is 0. The average Bonchev–Trinajstić information content (AvgIpc) is 2.73. The highest BCUT2D eigenvalue weighted by Crippen LogP contribution is 2.28. The Bertz CT molecular complexity index is 917. The van der Waals surface area contributed by atoms with E-state index in [1.165, 1.54) is 18.2 Å². The second-order valence-electron chi connectivity index (χ2n) is 6.62. The van der Waals surface area contributed by atoms with Crippen LogP contribution in [0.1, 0.15) is 42.7 Å². The Morgan fingerprint density at radius 1 is 0.969 bits per heavy atom. The molecule has 0 saturated carbocycles. The Kier molecular flexibility index (Phi) is 8.74. The Morgan fingerprint density at radius 2 is 1.59 bits per heavy atom. The second kappa shape index (κ2) is 11.3. The van der Waals surface area contributed by atoms with Crippen molar-refractivity contribution in [1.29, 1.82) is 0 Å². The van der Waals surface area contributed by atoms with Gasteiger partial charge in [-0.2, -0.15) is 0 Å². The van der Waals surface area contributed by atoms with Gasteiger partial charge in [0.2, 0.25) is 5.91 Å². The van der Waals surface area contributed by atoms with Gasteiger partial charge < -0.3 is 24.8 Å². The van der Waals surface area contributed by atoms with Crippen LogP contribution in [0.3, 0.4) is 0 Å². The number of hydrogen-bond donors (Lipinski definition) is 2. The lowest BCUT2D eigenvalue weighted by Gasteiger charge is -2.16. The van der Waals surface area contributed by atoms with E-state index in [9.17, 15) is 22.8 Å². The summed E-state index contributed by atoms with van der Waals surface area (Å²) in [4.78, 5) is 24.6. The molecule has 0 saturated heterocycles. The monoisotopic (exact) mass is 454 g/mol. The molecule has 174 valence electrons. The van der Waals surface area contributed by atoms with Gasteiger partial charge in [0.05, 0.1) is 25.8 Å². The molecule has 7 nitrogen and oxygen atoms in total. The third kappa shape index (κ3) is 7.68. The Morgan fingerprint density at radius 3 is 2.19 bits per heavy atom. The molecule has 2 N–H and O–H groups in total. The van der Waals surface area contributed by atoms with Gasteiger partial charge in [-0.05, 0) is 56.7 Å². The lowest BCUT2D eigenvalue weighted by Crippen LogP contribution is -2.38. The fourth-order valence-corrected chi connectivity index (χ4v) is 2.79. The third-order valence-electron chi connectivity index (χ3n) is 4.21. The molecule has 0 fully saturated rings. The van der Waals surface area contributed by atoms with Gasteiger partial charge in [-0.1, -0.05) is 12.1 Å². The van der Waals surface area contributed by atoms with E-state index in [2.05, 4.69) is 15.4 Å². The number of rotatable bonds is 10. The molecular formula is C22H25F3N2O5. The van der Waals surface area contributed by atoms with Gasteiger partial charge in [0.25, 0.3) is 5.91 Å². The summed E-state index contributed by atoms with van der Waals surface area (Å²) in [6, 6.07) is 9.39. The van der Waals surface area contributed by atoms with Gasteiger partial charge >= 0.3 is 6.36 Å². The number of benzene rings is 2. The van der Waals surface area contributed by atoms with E-state index in [-0.39, 0.29) is 12.3 Å². The van der Waals surface area contributed by atoms with E-state index in [1.807, 2.05) is 13.8 Å². The van der Waals surface area contributed by atoms with Gasteiger partial charge in [0.1, 0.15) is 5.75 Å². The fraction of sp³-hybridized carbons (Fsp3) is 0.364. The van der Waals surface area contributed by atoms with Crippen molar-refractivity contribution in [3.63, 3.8) is 0 Å². The van der Waals surface area contributed by atoms with Crippen molar-refractivity contribution in [2.24, 2.45) is 0 Å². The zero-order valence-corrected chi connectivity index (χ0v) is 17.9. The van der Waals surface area contributed by atoms with Gasteiger partial charge in [0, 0.05) is 5.56 Å². The molecule has 2 amide bonds. The molecule has 2 aromatic carbocycles. The zero-order chi connectivity index (χ0) is 23.7. The number of hydrogen-bond acceptors (Lipinski definition) is 5. The maximum absolute atomic E-state index is 12.4. The van der Waals surface area contributed by atoms with Crippen LogP contribution in [0, 0.1) is 0 Å². The second-order valence-corrected chi connectivity index (χ2v) is 6.62. The maximum Gasteiger partial charge on any atom is 0.573 e. The van der Waals surface area contributed by atoms with Crippen LogP contribution in [0.2, 0.25) is 0 Å². The molecule has 0 aliphatic rings. The number of ether oxygens (including phenoxy) is 3. The van der Waals surface area contributed by atoms with E-state index in [4.69, 9.17) is 9.47 Å². The molecular weight excluding hydrogens is 429 g/mol. The van der Waals surface area contributed by atoms with Gasteiger partial charge in [-0.15, -0.1) is 13.2 Å². The van der Waals surface area contributed by atoms with Crippen LogP contribution in [-0.2, 0) is 4.79 Å². The minimum atomic E-state index is -4.77. The first kappa shape index (κ1) is 24.8. The van der Waals surface area contributed by atoms with E-state index in [1.54, 1.807) is 19.1 Å². The highest BCUT2D eigenvalue weighted by atomic mass is 19.4. The molecule has 0 spiro atoms. The number of nitrogens with one attached hydrogen (secondary N) is 2. The first-order valence-corrected chi connectivity index (χ1v) is 9.95. The van der Waals surface area contributed by atoms with Crippen LogP contribution in [0.15, 0.2) is 42.5 Å². The van der Waals surface area contributed by atoms with Crippen molar-refractivity contribution in [2.75, 3.05) is 19.8 Å². The van der Waals surface area contributed by atoms with E-state index >= 15 is 0 Å². The van der Waals surface area contributed by atoms with Gasteiger partial charge in [-0.25, -0.2) is 0 Å². The molecule has 10 heteroatoms. The van der Waals surface area contributed by atoms with Crippen LogP contribution in [0.25, 0.3) is 0 Å². The first-order valence-electron chi connectivity index (χ1n) is 9.95. The van der Waals surface area contributed by atoms with Crippen molar-refractivity contribution in [1.82, 2.24) is 10.6 Å². The topological polar surface area (TPSA) is 85.9 Å². The summed E-state index contributed by atoms with van der Waals surface area (Å²) in [5.41, 5.74) is 0.880. The summed E-state index contributed by atoms with van der Waals surface area (Å²) in [6.07, 6.45) is -4.77. The summed E-state index contributed by atoms with van der Waals surface area (Å²) < 4.78 is 51.5. The highest BCUT2D eigenvalue weighted by molar-refractivity contribution is 5.97. The summed E-state index contributed by atoms with van der Waals surface area (Å²) in [5, 5.41) is 5.19. The molecule has 2 rings (SSSR count). The number of amides is 2. The highest BCUT2D eigenvalue weighted by Gasteiger charge is 2.31. The molecule has 1 unspecified atom stereocenters. The Hall–Kier alpha value is -3.43. The number of halogens is 3. The molecule has 0 radical (unpaired) electrons. The van der Waals surface area contributed by atoms with Gasteiger partial charge in [0.15, 0.2) is 11.5 Å². The summed E-state index contributed by atoms with van der Waals surface area (Å²) in [7, 11) is 0. The Balaban J connectivity index is 1.90. The lowest BCUT2D eigenvalue weighted by molar-refractivity contribution is -0.274. The molecule has 0 aliphatic carbocycles. The average molecular weight is 454 g/mol. The van der Waals surface area contributed by atoms with Crippen LogP contribution >= 0.6 is 0 Å². The molecule has 0 aliphatic heterocycles. The molecule has 0 bridgehead atoms. The van der Waals surface area contributed by atoms with E-state index in [0.717, 1.165) is 12.1 Å². The largest absolute Gasteiger partial charge is 0.573 e. The molecule has 0 aromatic heterocycles. The number of carbonyl (C=O) groups excluding carboxylic acids is 2. The number of alkyl halides is 3. The van der Waals surface area contributed by atoms with E-state index in [0.29, 0.717) is 35.8 Å². The van der Waals surface area contributed by atoms with Crippen LogP contribution in [0.4, 0.5) is 13.2 Å². The van der Waals surface area contributed by atoms with Crippen LogP contribution in [-0.4, -0.2) is 37.9 Å². The van der Waals surface area contributed by atoms with Crippen molar-refractivity contribution >= 4 is 11.8 Å². The minimum absolute atomic E-state index is 0.282. The number of carbonyl (C=O) groups is 2. The SMILES string of the molecule is CCOc1ccc(C(=O)NCC(=O)NC(C)c2ccc(OC(F)(F)F)cc2)cc1OCC. The van der Waals surface area contributed by atoms with Crippen molar-refractivity contribution in [3.8, 4) is 17.2 Å². The molecule has 32 heavy (non-hydrogen) atoms. The quantitative estimate of drug-likeness (QED) is 0.567. The predicted octanol–water partition coefficient (Wildman–Crippen LogP) is 3.99. The third-order valence-corrected chi connectivity index (χ3v) is 4.21. The van der Waals surface area contributed by atoms with Crippen molar-refractivity contribution in [3.05, 3.63) is 53.6 Å². The van der Waals surface area contributed by atoms with Crippen molar-refractivity contribution in [2.45, 2.75) is 33.2 Å². The normalized spacial score (nSPS) is 11.9. The smallest absolute Gasteiger partial charge is 0.490 e. The molecule has 2 aromatic rings. The summed E-state index contributed by atoms with van der Waals surface area (Å²) in [5.74, 6) is -0.334. The zero-order valence-electron chi connectivity index (χ0n) is 17.9. The van der Waals surface area contributed by atoms with Gasteiger partial charge in [-0.3, -0.25) is 9.59 Å². The van der Waals surface area contributed by atoms with E-state index < -0.39 is 24.2 Å². The molecule has 0 heterocycles.